The summed E-state index contributed by atoms with van der Waals surface area (Å²) in [4.78, 5) is 4.96. The Balaban J connectivity index is 2.00. The molecule has 0 aromatic carbocycles. The van der Waals surface area contributed by atoms with Gasteiger partial charge in [0.1, 0.15) is 0 Å². The molecule has 0 spiro atoms. The van der Waals surface area contributed by atoms with Gasteiger partial charge in [-0.05, 0) is 32.6 Å². The third-order valence-corrected chi connectivity index (χ3v) is 5.65. The highest BCUT2D eigenvalue weighted by Gasteiger charge is 2.35. The Labute approximate surface area is 110 Å². The molecule has 0 saturated heterocycles. The van der Waals surface area contributed by atoms with Crippen molar-refractivity contribution in [3.05, 3.63) is 0 Å². The van der Waals surface area contributed by atoms with Gasteiger partial charge >= 0.3 is 0 Å². The minimum Gasteiger partial charge on any atom is -0.360 e. The second kappa shape index (κ2) is 5.21. The van der Waals surface area contributed by atoms with Crippen LogP contribution in [0.3, 0.4) is 0 Å². The van der Waals surface area contributed by atoms with Crippen molar-refractivity contribution in [2.45, 2.75) is 76.8 Å². The maximum absolute atomic E-state index is 4.96. The molecule has 1 aliphatic carbocycles. The summed E-state index contributed by atoms with van der Waals surface area (Å²) >= 11 is 1.93. The Kier molecular flexibility index (Phi) is 4.06. The van der Waals surface area contributed by atoms with Gasteiger partial charge in [-0.2, -0.15) is 0 Å². The SMILES string of the molecule is CCC1(CC)CSC(NC2(C)CCCCC2)=N1. The van der Waals surface area contributed by atoms with Gasteiger partial charge in [-0.15, -0.1) is 0 Å². The van der Waals surface area contributed by atoms with E-state index in [0.717, 1.165) is 0 Å². The van der Waals surface area contributed by atoms with E-state index in [9.17, 15) is 0 Å². The van der Waals surface area contributed by atoms with E-state index in [-0.39, 0.29) is 5.54 Å². The number of nitrogens with one attached hydrogen (secondary N) is 1. The molecule has 1 heterocycles. The molecule has 0 atom stereocenters. The van der Waals surface area contributed by atoms with Crippen molar-refractivity contribution in [2.75, 3.05) is 5.75 Å². The van der Waals surface area contributed by atoms with Crippen molar-refractivity contribution in [3.8, 4) is 0 Å². The van der Waals surface area contributed by atoms with E-state index in [4.69, 9.17) is 4.99 Å². The van der Waals surface area contributed by atoms with E-state index in [2.05, 4.69) is 26.1 Å². The topological polar surface area (TPSA) is 24.4 Å². The summed E-state index contributed by atoms with van der Waals surface area (Å²) in [5, 5.41) is 4.94. The lowest BCUT2D eigenvalue weighted by atomic mass is 9.83. The summed E-state index contributed by atoms with van der Waals surface area (Å²) < 4.78 is 0. The zero-order chi connectivity index (χ0) is 12.4. The zero-order valence-corrected chi connectivity index (χ0v) is 12.3. The first-order chi connectivity index (χ1) is 8.11. The van der Waals surface area contributed by atoms with E-state index in [1.54, 1.807) is 0 Å². The minimum absolute atomic E-state index is 0.220. The number of hydrogen-bond acceptors (Lipinski definition) is 3. The first kappa shape index (κ1) is 13.3. The molecule has 2 nitrogen and oxygen atoms in total. The first-order valence-electron chi connectivity index (χ1n) is 7.12. The Morgan fingerprint density at radius 2 is 1.82 bits per heavy atom. The van der Waals surface area contributed by atoms with Crippen LogP contribution in [0.5, 0.6) is 0 Å². The quantitative estimate of drug-likeness (QED) is 0.824. The maximum atomic E-state index is 4.96. The fourth-order valence-electron chi connectivity index (χ4n) is 2.87. The highest BCUT2D eigenvalue weighted by atomic mass is 32.2. The minimum atomic E-state index is 0.220. The summed E-state index contributed by atoms with van der Waals surface area (Å²) in [6.45, 7) is 6.89. The van der Waals surface area contributed by atoms with Crippen molar-refractivity contribution in [1.29, 1.82) is 0 Å². The number of aliphatic imine (C=N–C) groups is 1. The molecule has 0 aromatic heterocycles. The van der Waals surface area contributed by atoms with Gasteiger partial charge in [-0.25, -0.2) is 0 Å². The number of amidine groups is 1. The zero-order valence-electron chi connectivity index (χ0n) is 11.5. The van der Waals surface area contributed by atoms with E-state index >= 15 is 0 Å². The monoisotopic (exact) mass is 254 g/mol. The summed E-state index contributed by atoms with van der Waals surface area (Å²) in [5.74, 6) is 1.17. The van der Waals surface area contributed by atoms with Gasteiger partial charge in [0.25, 0.3) is 0 Å². The Bertz CT molecular complexity index is 289. The summed E-state index contributed by atoms with van der Waals surface area (Å²) in [6, 6.07) is 0. The molecule has 2 rings (SSSR count). The standard InChI is InChI=1S/C14H26N2S/c1-4-14(5-2)11-17-12(16-14)15-13(3)9-7-6-8-10-13/h4-11H2,1-3H3,(H,15,16). The molecule has 0 amide bonds. The Morgan fingerprint density at radius 3 is 2.35 bits per heavy atom. The van der Waals surface area contributed by atoms with Crippen LogP contribution < -0.4 is 5.32 Å². The van der Waals surface area contributed by atoms with Crippen molar-refractivity contribution in [1.82, 2.24) is 5.32 Å². The van der Waals surface area contributed by atoms with E-state index in [1.165, 1.54) is 55.9 Å². The lowest BCUT2D eigenvalue weighted by molar-refractivity contribution is 0.292. The Hall–Kier alpha value is -0.180. The fourth-order valence-corrected chi connectivity index (χ4v) is 4.33. The predicted molar refractivity (Wildman–Crippen MR) is 77.8 cm³/mol. The van der Waals surface area contributed by atoms with E-state index in [0.29, 0.717) is 5.54 Å². The molecule has 0 radical (unpaired) electrons. The van der Waals surface area contributed by atoms with Crippen LogP contribution in [0, 0.1) is 0 Å². The molecule has 0 unspecified atom stereocenters. The van der Waals surface area contributed by atoms with Gasteiger partial charge in [0, 0.05) is 11.3 Å². The van der Waals surface area contributed by atoms with Crippen LogP contribution in [0.4, 0.5) is 0 Å². The van der Waals surface area contributed by atoms with Crippen molar-refractivity contribution in [3.63, 3.8) is 0 Å². The number of nitrogens with zero attached hydrogens (tertiary/aromatic N) is 1. The van der Waals surface area contributed by atoms with E-state index < -0.39 is 0 Å². The average Bonchev–Trinajstić information content (AvgIpc) is 2.73. The Morgan fingerprint density at radius 1 is 1.18 bits per heavy atom. The number of hydrogen-bond donors (Lipinski definition) is 1. The van der Waals surface area contributed by atoms with Gasteiger partial charge in [0.2, 0.25) is 0 Å². The molecular weight excluding hydrogens is 228 g/mol. The molecule has 1 saturated carbocycles. The average molecular weight is 254 g/mol. The summed E-state index contributed by atoms with van der Waals surface area (Å²) in [5.41, 5.74) is 0.527. The summed E-state index contributed by atoms with van der Waals surface area (Å²) in [7, 11) is 0. The molecule has 0 bridgehead atoms. The lowest BCUT2D eigenvalue weighted by Crippen LogP contribution is -2.46. The van der Waals surface area contributed by atoms with Gasteiger partial charge < -0.3 is 5.32 Å². The van der Waals surface area contributed by atoms with Crippen LogP contribution >= 0.6 is 11.8 Å². The van der Waals surface area contributed by atoms with Crippen LogP contribution in [0.1, 0.15) is 65.7 Å². The molecule has 17 heavy (non-hydrogen) atoms. The molecule has 1 aliphatic heterocycles. The molecule has 1 N–H and O–H groups in total. The fraction of sp³-hybridized carbons (Fsp3) is 0.929. The molecule has 2 aliphatic rings. The van der Waals surface area contributed by atoms with Crippen LogP contribution in [0.2, 0.25) is 0 Å². The highest BCUT2D eigenvalue weighted by Crippen LogP contribution is 2.35. The van der Waals surface area contributed by atoms with Gasteiger partial charge in [-0.1, -0.05) is 44.9 Å². The number of rotatable bonds is 3. The van der Waals surface area contributed by atoms with Crippen LogP contribution in [-0.2, 0) is 0 Å². The largest absolute Gasteiger partial charge is 0.360 e. The van der Waals surface area contributed by atoms with Crippen molar-refractivity contribution < 1.29 is 0 Å². The molecule has 98 valence electrons. The van der Waals surface area contributed by atoms with Crippen LogP contribution in [0.25, 0.3) is 0 Å². The second-order valence-electron chi connectivity index (χ2n) is 5.88. The van der Waals surface area contributed by atoms with Gasteiger partial charge in [-0.3, -0.25) is 4.99 Å². The molecular formula is C14H26N2S. The third-order valence-electron chi connectivity index (χ3n) is 4.50. The lowest BCUT2D eigenvalue weighted by Gasteiger charge is -2.35. The smallest absolute Gasteiger partial charge is 0.157 e. The normalized spacial score (nSPS) is 26.6. The summed E-state index contributed by atoms with van der Waals surface area (Å²) in [6.07, 6.45) is 9.08. The highest BCUT2D eigenvalue weighted by molar-refractivity contribution is 8.14. The van der Waals surface area contributed by atoms with Gasteiger partial charge in [0.05, 0.1) is 5.54 Å². The van der Waals surface area contributed by atoms with Crippen LogP contribution in [0.15, 0.2) is 4.99 Å². The predicted octanol–water partition coefficient (Wildman–Crippen LogP) is 3.96. The van der Waals surface area contributed by atoms with Gasteiger partial charge in [0.15, 0.2) is 5.17 Å². The van der Waals surface area contributed by atoms with E-state index in [1.807, 2.05) is 11.8 Å². The first-order valence-corrected chi connectivity index (χ1v) is 8.11. The second-order valence-corrected chi connectivity index (χ2v) is 6.85. The van der Waals surface area contributed by atoms with Crippen LogP contribution in [-0.4, -0.2) is 22.0 Å². The molecule has 3 heteroatoms. The van der Waals surface area contributed by atoms with Crippen molar-refractivity contribution in [2.24, 2.45) is 4.99 Å². The molecule has 1 fully saturated rings. The number of thioether (sulfide) groups is 1. The third kappa shape index (κ3) is 2.98. The maximum Gasteiger partial charge on any atom is 0.157 e. The van der Waals surface area contributed by atoms with Crippen molar-refractivity contribution >= 4 is 16.9 Å². The molecule has 0 aromatic rings.